The highest BCUT2D eigenvalue weighted by Crippen LogP contribution is 2.02. The number of hydrogen-bond donors (Lipinski definition) is 10. The fourth-order valence-electron chi connectivity index (χ4n) is 3.17. The summed E-state index contributed by atoms with van der Waals surface area (Å²) in [5.74, 6) is -3.79. The van der Waals surface area contributed by atoms with Gasteiger partial charge < -0.3 is 54.8 Å². The van der Waals surface area contributed by atoms with Crippen LogP contribution < -0.4 is 34.4 Å². The molecule has 0 heterocycles. The van der Waals surface area contributed by atoms with Gasteiger partial charge in [-0.1, -0.05) is 73.5 Å². The van der Waals surface area contributed by atoms with E-state index in [1.54, 1.807) is 0 Å². The van der Waals surface area contributed by atoms with Gasteiger partial charge in [-0.25, -0.2) is 0 Å². The van der Waals surface area contributed by atoms with Gasteiger partial charge in [0.1, 0.15) is 24.2 Å². The molecule has 2 aromatic carbocycles. The Morgan fingerprint density at radius 2 is 0.750 bits per heavy atom. The minimum atomic E-state index is -0.959. The lowest BCUT2D eigenvalue weighted by Crippen LogP contribution is -2.32. The van der Waals surface area contributed by atoms with Gasteiger partial charge in [-0.05, 0) is 62.7 Å². The number of nitrogens with two attached hydrogens (primary N) is 6. The van der Waals surface area contributed by atoms with Gasteiger partial charge in [0.25, 0.3) is 0 Å². The number of aliphatic carboxylic acids is 4. The summed E-state index contributed by atoms with van der Waals surface area (Å²) in [6.07, 6.45) is 5.10. The van der Waals surface area contributed by atoms with Crippen LogP contribution in [0.15, 0.2) is 60.7 Å². The van der Waals surface area contributed by atoms with Gasteiger partial charge in [0.2, 0.25) is 0 Å². The van der Waals surface area contributed by atoms with Crippen LogP contribution in [0.1, 0.15) is 49.7 Å². The van der Waals surface area contributed by atoms with Crippen molar-refractivity contribution in [3.8, 4) is 0 Å². The summed E-state index contributed by atoms with van der Waals surface area (Å²) in [4.78, 5) is 41.0. The average Bonchev–Trinajstić information content (AvgIpc) is 2.99. The van der Waals surface area contributed by atoms with Crippen molar-refractivity contribution >= 4 is 23.9 Å². The molecule has 16 N–H and O–H groups in total. The van der Waals surface area contributed by atoms with Crippen LogP contribution in [0.25, 0.3) is 0 Å². The van der Waals surface area contributed by atoms with Gasteiger partial charge in [0.05, 0.1) is 0 Å². The second-order valence-corrected chi connectivity index (χ2v) is 9.73. The number of carboxylic acids is 4. The monoisotopic (exact) mass is 622 g/mol. The zero-order chi connectivity index (χ0) is 33.9. The Labute approximate surface area is 258 Å². The molecule has 0 aliphatic heterocycles. The molecule has 0 aliphatic rings. The first-order valence-corrected chi connectivity index (χ1v) is 14.2. The fraction of sp³-hybridized carbons (Fsp3) is 0.467. The van der Waals surface area contributed by atoms with Crippen LogP contribution in [-0.4, -0.2) is 81.6 Å². The maximum absolute atomic E-state index is 10.4. The van der Waals surface area contributed by atoms with Crippen molar-refractivity contribution in [2.75, 3.05) is 13.1 Å². The zero-order valence-corrected chi connectivity index (χ0v) is 25.0. The van der Waals surface area contributed by atoms with E-state index in [0.29, 0.717) is 38.8 Å². The van der Waals surface area contributed by atoms with Gasteiger partial charge >= 0.3 is 23.9 Å². The lowest BCUT2D eigenvalue weighted by atomic mass is 10.1. The Morgan fingerprint density at radius 3 is 0.977 bits per heavy atom. The standard InChI is InChI=1S/2C9H11NO2.2C6H14N2O2/c2*10-8(9(11)12)6-7-4-2-1-3-5-7;2*7-4-2-1-3-5(8)6(9)10/h2*1-5,8H,6,10H2,(H,11,12);2*5H,1-4,7-8H2,(H,9,10). The van der Waals surface area contributed by atoms with Crippen molar-refractivity contribution in [1.82, 2.24) is 0 Å². The zero-order valence-electron chi connectivity index (χ0n) is 25.0. The van der Waals surface area contributed by atoms with Crippen LogP contribution in [0.5, 0.6) is 0 Å². The third kappa shape index (κ3) is 24.7. The molecule has 0 fully saturated rings. The topological polar surface area (TPSA) is 305 Å². The van der Waals surface area contributed by atoms with E-state index in [-0.39, 0.29) is 0 Å². The summed E-state index contributed by atoms with van der Waals surface area (Å²) >= 11 is 0. The molecule has 0 amide bonds. The van der Waals surface area contributed by atoms with Crippen LogP contribution in [0.3, 0.4) is 0 Å². The second kappa shape index (κ2) is 26.7. The summed E-state index contributed by atoms with van der Waals surface area (Å²) < 4.78 is 0. The van der Waals surface area contributed by atoms with E-state index in [1.165, 1.54) is 0 Å². The van der Waals surface area contributed by atoms with E-state index in [2.05, 4.69) is 0 Å². The van der Waals surface area contributed by atoms with Crippen molar-refractivity contribution < 1.29 is 39.6 Å². The number of carbonyl (C=O) groups is 4. The predicted octanol–water partition coefficient (Wildman–Crippen LogP) is 0.337. The van der Waals surface area contributed by atoms with E-state index >= 15 is 0 Å². The summed E-state index contributed by atoms with van der Waals surface area (Å²) in [7, 11) is 0. The molecule has 0 spiro atoms. The maximum atomic E-state index is 10.4. The van der Waals surface area contributed by atoms with E-state index in [9.17, 15) is 19.2 Å². The minimum absolute atomic E-state index is 0.385. The smallest absolute Gasteiger partial charge is 0.320 e. The van der Waals surface area contributed by atoms with E-state index in [1.807, 2.05) is 60.7 Å². The summed E-state index contributed by atoms with van der Waals surface area (Å²) in [5, 5.41) is 33.7. The van der Waals surface area contributed by atoms with Crippen molar-refractivity contribution in [2.45, 2.75) is 75.5 Å². The summed E-state index contributed by atoms with van der Waals surface area (Å²) in [6, 6.07) is 15.7. The Morgan fingerprint density at radius 1 is 0.477 bits per heavy atom. The Bertz CT molecular complexity index is 963. The third-order valence-electron chi connectivity index (χ3n) is 5.80. The van der Waals surface area contributed by atoms with Gasteiger partial charge in [0, 0.05) is 0 Å². The van der Waals surface area contributed by atoms with Crippen LogP contribution in [0.2, 0.25) is 0 Å². The van der Waals surface area contributed by atoms with Crippen LogP contribution >= 0.6 is 0 Å². The van der Waals surface area contributed by atoms with Crippen molar-refractivity contribution in [3.63, 3.8) is 0 Å². The molecule has 0 saturated carbocycles. The molecule has 14 nitrogen and oxygen atoms in total. The molecule has 0 bridgehead atoms. The minimum Gasteiger partial charge on any atom is -0.480 e. The SMILES string of the molecule is NC(Cc1ccccc1)C(=O)O.NC(Cc1ccccc1)C(=O)O.NCCCCC(N)C(=O)O.NCCCCC(N)C(=O)O. The lowest BCUT2D eigenvalue weighted by molar-refractivity contribution is -0.139. The molecule has 14 heteroatoms. The molecule has 4 atom stereocenters. The number of unbranched alkanes of at least 4 members (excludes halogenated alkanes) is 2. The average molecular weight is 623 g/mol. The normalized spacial score (nSPS) is 12.7. The molecular formula is C30H50N6O8. The Hall–Kier alpha value is -3.92. The first-order valence-electron chi connectivity index (χ1n) is 14.2. The van der Waals surface area contributed by atoms with Crippen molar-refractivity contribution in [1.29, 1.82) is 0 Å². The molecule has 2 aromatic rings. The van der Waals surface area contributed by atoms with Crippen molar-refractivity contribution in [3.05, 3.63) is 71.8 Å². The number of benzene rings is 2. The van der Waals surface area contributed by atoms with Gasteiger partial charge in [-0.3, -0.25) is 19.2 Å². The Balaban J connectivity index is 0. The highest BCUT2D eigenvalue weighted by Gasteiger charge is 2.12. The van der Waals surface area contributed by atoms with E-state index in [4.69, 9.17) is 54.8 Å². The predicted molar refractivity (Wildman–Crippen MR) is 169 cm³/mol. The fourth-order valence-corrected chi connectivity index (χ4v) is 3.17. The first kappa shape index (κ1) is 42.2. The maximum Gasteiger partial charge on any atom is 0.320 e. The highest BCUT2D eigenvalue weighted by molar-refractivity contribution is 5.74. The highest BCUT2D eigenvalue weighted by atomic mass is 16.4. The van der Waals surface area contributed by atoms with Crippen LogP contribution in [-0.2, 0) is 32.0 Å². The van der Waals surface area contributed by atoms with Crippen LogP contribution in [0, 0.1) is 0 Å². The number of rotatable bonds is 16. The quantitative estimate of drug-likeness (QED) is 0.113. The molecular weight excluding hydrogens is 572 g/mol. The van der Waals surface area contributed by atoms with E-state index < -0.39 is 48.0 Å². The van der Waals surface area contributed by atoms with E-state index in [0.717, 1.165) is 36.8 Å². The lowest BCUT2D eigenvalue weighted by Gasteiger charge is -2.04. The molecule has 0 aromatic heterocycles. The molecule has 44 heavy (non-hydrogen) atoms. The molecule has 248 valence electrons. The Kier molecular flexibility index (Phi) is 25.6. The molecule has 4 unspecified atom stereocenters. The summed E-state index contributed by atoms with van der Waals surface area (Å²) in [5.41, 5.74) is 33.4. The number of carboxylic acid groups (broad SMARTS) is 4. The summed E-state index contributed by atoms with van der Waals surface area (Å²) in [6.45, 7) is 1.21. The molecule has 2 rings (SSSR count). The van der Waals surface area contributed by atoms with Gasteiger partial charge in [-0.2, -0.15) is 0 Å². The number of hydrogen-bond acceptors (Lipinski definition) is 10. The molecule has 0 radical (unpaired) electrons. The van der Waals surface area contributed by atoms with Crippen molar-refractivity contribution in [2.24, 2.45) is 34.4 Å². The van der Waals surface area contributed by atoms with Crippen LogP contribution in [0.4, 0.5) is 0 Å². The van der Waals surface area contributed by atoms with Gasteiger partial charge in [-0.15, -0.1) is 0 Å². The second-order valence-electron chi connectivity index (χ2n) is 9.73. The molecule has 0 aliphatic carbocycles. The largest absolute Gasteiger partial charge is 0.480 e. The third-order valence-corrected chi connectivity index (χ3v) is 5.80. The first-order chi connectivity index (χ1) is 20.8. The molecule has 0 saturated heterocycles. The van der Waals surface area contributed by atoms with Gasteiger partial charge in [0.15, 0.2) is 0 Å².